The summed E-state index contributed by atoms with van der Waals surface area (Å²) in [5.74, 6) is 1.81. The zero-order chi connectivity index (χ0) is 21.5. The average Bonchev–Trinajstić information content (AvgIpc) is 2.84. The number of rotatable bonds is 7. The quantitative estimate of drug-likeness (QED) is 0.602. The Kier molecular flexibility index (Phi) is 7.04. The van der Waals surface area contributed by atoms with Crippen molar-refractivity contribution in [2.45, 2.75) is 29.3 Å². The molecule has 1 N–H and O–H groups in total. The van der Waals surface area contributed by atoms with Gasteiger partial charge in [-0.15, -0.1) is 10.2 Å². The van der Waals surface area contributed by atoms with Crippen LogP contribution in [0.2, 0.25) is 0 Å². The first-order chi connectivity index (χ1) is 15.2. The molecule has 1 saturated heterocycles. The van der Waals surface area contributed by atoms with Crippen LogP contribution in [-0.4, -0.2) is 36.3 Å². The third-order valence-corrected chi connectivity index (χ3v) is 6.32. The highest BCUT2D eigenvalue weighted by Gasteiger charge is 2.25. The molecule has 0 bridgehead atoms. The van der Waals surface area contributed by atoms with E-state index < -0.39 is 0 Å². The third-order valence-electron chi connectivity index (χ3n) is 5.38. The van der Waals surface area contributed by atoms with E-state index >= 15 is 0 Å². The molecule has 3 aromatic rings. The van der Waals surface area contributed by atoms with Gasteiger partial charge in [-0.2, -0.15) is 0 Å². The molecule has 7 heteroatoms. The zero-order valence-electron chi connectivity index (χ0n) is 17.5. The Balaban J connectivity index is 1.25. The number of carbonyl (C=O) groups is 1. The molecule has 0 aliphatic carbocycles. The summed E-state index contributed by atoms with van der Waals surface area (Å²) in [4.78, 5) is 15.9. The van der Waals surface area contributed by atoms with E-state index in [1.54, 1.807) is 18.9 Å². The van der Waals surface area contributed by atoms with Gasteiger partial charge in [0.1, 0.15) is 10.8 Å². The van der Waals surface area contributed by atoms with Crippen LogP contribution in [0.4, 0.5) is 5.82 Å². The molecule has 0 unspecified atom stereocenters. The lowest BCUT2D eigenvalue weighted by atomic mass is 9.96. The fraction of sp³-hybridized carbons (Fsp3) is 0.292. The zero-order valence-corrected chi connectivity index (χ0v) is 18.3. The van der Waals surface area contributed by atoms with Crippen LogP contribution >= 0.6 is 11.8 Å². The van der Waals surface area contributed by atoms with Gasteiger partial charge in [-0.3, -0.25) is 4.79 Å². The van der Waals surface area contributed by atoms with Crippen molar-refractivity contribution in [2.24, 2.45) is 5.92 Å². The van der Waals surface area contributed by atoms with Crippen molar-refractivity contribution >= 4 is 23.5 Å². The molecule has 1 aliphatic heterocycles. The number of carbonyl (C=O) groups excluding carboxylic acids is 1. The fourth-order valence-corrected chi connectivity index (χ4v) is 4.38. The van der Waals surface area contributed by atoms with Crippen molar-refractivity contribution in [1.82, 2.24) is 15.5 Å². The van der Waals surface area contributed by atoms with Crippen molar-refractivity contribution in [1.29, 1.82) is 0 Å². The molecule has 2 aromatic carbocycles. The minimum atomic E-state index is 0.0303. The molecular formula is C24H26N4O2S. The maximum atomic E-state index is 12.6. The Morgan fingerprint density at radius 2 is 1.87 bits per heavy atom. The normalized spacial score (nSPS) is 14.3. The Morgan fingerprint density at radius 1 is 1.06 bits per heavy atom. The largest absolute Gasteiger partial charge is 0.497 e. The van der Waals surface area contributed by atoms with Crippen LogP contribution in [-0.2, 0) is 11.3 Å². The standard InChI is InChI=1S/C24H26N4O2S/c1-30-20-7-5-6-18(16-20)17-25-24(29)19-12-14-28(15-13-19)22-10-11-23(27-26-22)31-21-8-3-2-4-9-21/h2-11,16,19H,12-15,17H2,1H3,(H,25,29). The van der Waals surface area contributed by atoms with Gasteiger partial charge in [-0.05, 0) is 54.8 Å². The van der Waals surface area contributed by atoms with Gasteiger partial charge in [0.25, 0.3) is 0 Å². The lowest BCUT2D eigenvalue weighted by molar-refractivity contribution is -0.125. The smallest absolute Gasteiger partial charge is 0.223 e. The van der Waals surface area contributed by atoms with E-state index in [2.05, 4.69) is 32.5 Å². The molecule has 31 heavy (non-hydrogen) atoms. The number of benzene rings is 2. The summed E-state index contributed by atoms with van der Waals surface area (Å²) in [5.41, 5.74) is 1.04. The van der Waals surface area contributed by atoms with Crippen molar-refractivity contribution in [3.8, 4) is 5.75 Å². The molecular weight excluding hydrogens is 408 g/mol. The van der Waals surface area contributed by atoms with Crippen molar-refractivity contribution in [3.05, 3.63) is 72.3 Å². The molecule has 0 spiro atoms. The number of ether oxygens (including phenoxy) is 1. The summed E-state index contributed by atoms with van der Waals surface area (Å²) < 4.78 is 5.24. The van der Waals surface area contributed by atoms with Crippen LogP contribution in [0, 0.1) is 5.92 Å². The van der Waals surface area contributed by atoms with Gasteiger partial charge in [0.2, 0.25) is 5.91 Å². The van der Waals surface area contributed by atoms with E-state index in [0.29, 0.717) is 6.54 Å². The molecule has 1 aliphatic rings. The van der Waals surface area contributed by atoms with Crippen molar-refractivity contribution in [2.75, 3.05) is 25.1 Å². The number of hydrogen-bond donors (Lipinski definition) is 1. The predicted octanol–water partition coefficient (Wildman–Crippen LogP) is 4.17. The van der Waals surface area contributed by atoms with Crippen LogP contribution < -0.4 is 15.0 Å². The van der Waals surface area contributed by atoms with Crippen LogP contribution in [0.3, 0.4) is 0 Å². The van der Waals surface area contributed by atoms with Crippen molar-refractivity contribution in [3.63, 3.8) is 0 Å². The number of nitrogens with zero attached hydrogens (tertiary/aromatic N) is 3. The van der Waals surface area contributed by atoms with E-state index in [-0.39, 0.29) is 11.8 Å². The summed E-state index contributed by atoms with van der Waals surface area (Å²) in [6.45, 7) is 2.12. The van der Waals surface area contributed by atoms with Gasteiger partial charge in [0.05, 0.1) is 7.11 Å². The van der Waals surface area contributed by atoms with Gasteiger partial charge in [-0.1, -0.05) is 42.1 Å². The highest BCUT2D eigenvalue weighted by Crippen LogP contribution is 2.27. The number of aromatic nitrogens is 2. The lowest BCUT2D eigenvalue weighted by Gasteiger charge is -2.31. The van der Waals surface area contributed by atoms with E-state index in [0.717, 1.165) is 53.0 Å². The summed E-state index contributed by atoms with van der Waals surface area (Å²) in [7, 11) is 1.64. The first-order valence-electron chi connectivity index (χ1n) is 10.4. The number of hydrogen-bond acceptors (Lipinski definition) is 6. The fourth-order valence-electron chi connectivity index (χ4n) is 3.63. The highest BCUT2D eigenvalue weighted by molar-refractivity contribution is 7.99. The van der Waals surface area contributed by atoms with Gasteiger partial charge in [0, 0.05) is 30.4 Å². The van der Waals surface area contributed by atoms with Gasteiger partial charge in [0.15, 0.2) is 5.82 Å². The van der Waals surface area contributed by atoms with E-state index in [1.807, 2.05) is 54.6 Å². The Morgan fingerprint density at radius 3 is 2.58 bits per heavy atom. The minimum absolute atomic E-state index is 0.0303. The second-order valence-electron chi connectivity index (χ2n) is 7.48. The number of anilines is 1. The minimum Gasteiger partial charge on any atom is -0.497 e. The highest BCUT2D eigenvalue weighted by atomic mass is 32.2. The van der Waals surface area contributed by atoms with Crippen LogP contribution in [0.5, 0.6) is 5.75 Å². The monoisotopic (exact) mass is 434 g/mol. The van der Waals surface area contributed by atoms with E-state index in [9.17, 15) is 4.79 Å². The number of nitrogens with one attached hydrogen (secondary N) is 1. The molecule has 1 fully saturated rings. The Labute approximate surface area is 187 Å². The van der Waals surface area contributed by atoms with Crippen molar-refractivity contribution < 1.29 is 9.53 Å². The third kappa shape index (κ3) is 5.76. The maximum Gasteiger partial charge on any atom is 0.223 e. The van der Waals surface area contributed by atoms with E-state index in [1.165, 1.54) is 0 Å². The Hall–Kier alpha value is -3.06. The first kappa shape index (κ1) is 21.2. The van der Waals surface area contributed by atoms with Crippen LogP contribution in [0.25, 0.3) is 0 Å². The molecule has 0 radical (unpaired) electrons. The van der Waals surface area contributed by atoms with Gasteiger partial charge < -0.3 is 15.0 Å². The molecule has 0 saturated carbocycles. The first-order valence-corrected chi connectivity index (χ1v) is 11.2. The molecule has 6 nitrogen and oxygen atoms in total. The topological polar surface area (TPSA) is 67.3 Å². The summed E-state index contributed by atoms with van der Waals surface area (Å²) in [5, 5.41) is 12.7. The Bertz CT molecular complexity index is 990. The molecule has 2 heterocycles. The molecule has 1 aromatic heterocycles. The molecule has 0 atom stereocenters. The SMILES string of the molecule is COc1cccc(CNC(=O)C2CCN(c3ccc(Sc4ccccc4)nn3)CC2)c1. The molecule has 4 rings (SSSR count). The predicted molar refractivity (Wildman–Crippen MR) is 122 cm³/mol. The van der Waals surface area contributed by atoms with Crippen LogP contribution in [0.1, 0.15) is 18.4 Å². The van der Waals surface area contributed by atoms with Gasteiger partial charge >= 0.3 is 0 Å². The summed E-state index contributed by atoms with van der Waals surface area (Å²) in [6, 6.07) is 21.9. The second-order valence-corrected chi connectivity index (χ2v) is 8.57. The second kappa shape index (κ2) is 10.3. The van der Waals surface area contributed by atoms with Crippen LogP contribution in [0.15, 0.2) is 76.7 Å². The molecule has 160 valence electrons. The number of piperidine rings is 1. The van der Waals surface area contributed by atoms with E-state index in [4.69, 9.17) is 4.74 Å². The number of methoxy groups -OCH3 is 1. The maximum absolute atomic E-state index is 12.6. The number of amides is 1. The summed E-state index contributed by atoms with van der Waals surface area (Å²) in [6.07, 6.45) is 1.62. The lowest BCUT2D eigenvalue weighted by Crippen LogP contribution is -2.40. The average molecular weight is 435 g/mol. The molecule has 1 amide bonds. The van der Waals surface area contributed by atoms with Gasteiger partial charge in [-0.25, -0.2) is 0 Å². The summed E-state index contributed by atoms with van der Waals surface area (Å²) >= 11 is 1.60.